The van der Waals surface area contributed by atoms with Gasteiger partial charge in [-0.3, -0.25) is 0 Å². The number of aryl methyl sites for hydroxylation is 1. The Labute approximate surface area is 136 Å². The van der Waals surface area contributed by atoms with Gasteiger partial charge in [0.25, 0.3) is 0 Å². The summed E-state index contributed by atoms with van der Waals surface area (Å²) >= 11 is 0. The molecule has 0 aliphatic rings. The molecule has 0 N–H and O–H groups in total. The summed E-state index contributed by atoms with van der Waals surface area (Å²) in [6.45, 7) is 2.53. The van der Waals surface area contributed by atoms with E-state index in [1.165, 1.54) is 5.56 Å². The van der Waals surface area contributed by atoms with E-state index >= 15 is 0 Å². The Kier molecular flexibility index (Phi) is 4.40. The van der Waals surface area contributed by atoms with Crippen LogP contribution in [0.25, 0.3) is 11.1 Å². The van der Waals surface area contributed by atoms with Gasteiger partial charge < -0.3 is 4.74 Å². The third-order valence-electron chi connectivity index (χ3n) is 3.80. The van der Waals surface area contributed by atoms with Gasteiger partial charge in [-0.25, -0.2) is 0 Å². The van der Waals surface area contributed by atoms with E-state index in [-0.39, 0.29) is 0 Å². The molecule has 3 aromatic carbocycles. The first kappa shape index (κ1) is 14.9. The highest BCUT2D eigenvalue weighted by atomic mass is 16.5. The lowest BCUT2D eigenvalue weighted by Crippen LogP contribution is -1.97. The summed E-state index contributed by atoms with van der Waals surface area (Å²) in [5, 5.41) is 9.30. The van der Waals surface area contributed by atoms with Crippen molar-refractivity contribution >= 4 is 0 Å². The van der Waals surface area contributed by atoms with Crippen molar-refractivity contribution in [1.29, 1.82) is 5.26 Å². The van der Waals surface area contributed by atoms with Crippen LogP contribution < -0.4 is 4.74 Å². The van der Waals surface area contributed by atoms with Crippen LogP contribution in [0.4, 0.5) is 0 Å². The minimum absolute atomic E-state index is 0.451. The molecule has 0 atom stereocenters. The number of nitriles is 1. The van der Waals surface area contributed by atoms with Crippen LogP contribution in [0.5, 0.6) is 5.75 Å². The van der Waals surface area contributed by atoms with Crippen LogP contribution in [0.1, 0.15) is 16.7 Å². The first-order valence-corrected chi connectivity index (χ1v) is 7.55. The van der Waals surface area contributed by atoms with E-state index < -0.39 is 0 Å². The average Bonchev–Trinajstić information content (AvgIpc) is 2.61. The molecule has 0 aliphatic carbocycles. The molecule has 0 amide bonds. The first-order valence-electron chi connectivity index (χ1n) is 7.55. The average molecular weight is 299 g/mol. The van der Waals surface area contributed by atoms with Crippen molar-refractivity contribution in [1.82, 2.24) is 0 Å². The summed E-state index contributed by atoms with van der Waals surface area (Å²) in [5.41, 5.74) is 5.05. The zero-order valence-electron chi connectivity index (χ0n) is 13.0. The minimum Gasteiger partial charge on any atom is -0.488 e. The molecular weight excluding hydrogens is 282 g/mol. The SMILES string of the molecule is Cc1ccccc1-c1ccc(C#N)c(OCc2ccccc2)c1. The summed E-state index contributed by atoms with van der Waals surface area (Å²) in [6.07, 6.45) is 0. The summed E-state index contributed by atoms with van der Waals surface area (Å²) in [4.78, 5) is 0. The maximum Gasteiger partial charge on any atom is 0.138 e. The van der Waals surface area contributed by atoms with Crippen molar-refractivity contribution in [3.05, 3.63) is 89.5 Å². The quantitative estimate of drug-likeness (QED) is 0.670. The molecule has 0 radical (unpaired) electrons. The Bertz CT molecular complexity index is 847. The molecular formula is C21H17NO. The molecule has 2 nitrogen and oxygen atoms in total. The van der Waals surface area contributed by atoms with E-state index in [0.29, 0.717) is 17.9 Å². The Morgan fingerprint density at radius 3 is 2.39 bits per heavy atom. The molecule has 3 aromatic rings. The number of rotatable bonds is 4. The van der Waals surface area contributed by atoms with E-state index in [2.05, 4.69) is 25.1 Å². The summed E-state index contributed by atoms with van der Waals surface area (Å²) < 4.78 is 5.89. The van der Waals surface area contributed by atoms with Crippen molar-refractivity contribution in [2.24, 2.45) is 0 Å². The monoisotopic (exact) mass is 299 g/mol. The molecule has 0 aliphatic heterocycles. The van der Waals surface area contributed by atoms with Crippen LogP contribution in [0.2, 0.25) is 0 Å². The van der Waals surface area contributed by atoms with Crippen molar-refractivity contribution < 1.29 is 4.74 Å². The third-order valence-corrected chi connectivity index (χ3v) is 3.80. The molecule has 0 spiro atoms. The number of benzene rings is 3. The van der Waals surface area contributed by atoms with Crippen molar-refractivity contribution in [3.63, 3.8) is 0 Å². The lowest BCUT2D eigenvalue weighted by atomic mass is 9.99. The Morgan fingerprint density at radius 2 is 1.65 bits per heavy atom. The molecule has 112 valence electrons. The van der Waals surface area contributed by atoms with Gasteiger partial charge in [-0.15, -0.1) is 0 Å². The normalized spacial score (nSPS) is 10.1. The summed E-state index contributed by atoms with van der Waals surface area (Å²) in [6, 6.07) is 26.1. The molecule has 0 heterocycles. The minimum atomic E-state index is 0.451. The second-order valence-electron chi connectivity index (χ2n) is 5.41. The number of nitrogens with zero attached hydrogens (tertiary/aromatic N) is 1. The van der Waals surface area contributed by atoms with E-state index in [1.54, 1.807) is 0 Å². The third kappa shape index (κ3) is 3.41. The van der Waals surface area contributed by atoms with Crippen LogP contribution in [-0.4, -0.2) is 0 Å². The van der Waals surface area contributed by atoms with Gasteiger partial charge in [0.15, 0.2) is 0 Å². The molecule has 0 fully saturated rings. The van der Waals surface area contributed by atoms with Gasteiger partial charge in [0, 0.05) is 0 Å². The maximum absolute atomic E-state index is 9.30. The van der Waals surface area contributed by atoms with Gasteiger partial charge in [-0.1, -0.05) is 60.7 Å². The van der Waals surface area contributed by atoms with E-state index in [9.17, 15) is 5.26 Å². The number of ether oxygens (including phenoxy) is 1. The Balaban J connectivity index is 1.91. The molecule has 0 saturated carbocycles. The van der Waals surface area contributed by atoms with Crippen LogP contribution in [-0.2, 0) is 6.61 Å². The molecule has 0 unspecified atom stereocenters. The second-order valence-corrected chi connectivity index (χ2v) is 5.41. The number of hydrogen-bond acceptors (Lipinski definition) is 2. The van der Waals surface area contributed by atoms with Gasteiger partial charge in [0.05, 0.1) is 5.56 Å². The van der Waals surface area contributed by atoms with Crippen molar-refractivity contribution in [2.45, 2.75) is 13.5 Å². The van der Waals surface area contributed by atoms with Gasteiger partial charge in [0.2, 0.25) is 0 Å². The van der Waals surface area contributed by atoms with E-state index in [4.69, 9.17) is 4.74 Å². The fourth-order valence-electron chi connectivity index (χ4n) is 2.53. The zero-order valence-corrected chi connectivity index (χ0v) is 13.0. The zero-order chi connectivity index (χ0) is 16.1. The molecule has 23 heavy (non-hydrogen) atoms. The first-order chi connectivity index (χ1) is 11.3. The number of hydrogen-bond donors (Lipinski definition) is 0. The van der Waals surface area contributed by atoms with Crippen molar-refractivity contribution in [2.75, 3.05) is 0 Å². The predicted molar refractivity (Wildman–Crippen MR) is 92.1 cm³/mol. The fraction of sp³-hybridized carbons (Fsp3) is 0.0952. The predicted octanol–water partition coefficient (Wildman–Crippen LogP) is 5.11. The standard InChI is InChI=1S/C21H17NO/c1-16-7-5-6-10-20(16)18-11-12-19(14-22)21(13-18)23-15-17-8-3-2-4-9-17/h2-13H,15H2,1H3. The van der Waals surface area contributed by atoms with Crippen molar-refractivity contribution in [3.8, 4) is 22.9 Å². The summed E-state index contributed by atoms with van der Waals surface area (Å²) in [7, 11) is 0. The molecule has 2 heteroatoms. The Morgan fingerprint density at radius 1 is 0.913 bits per heavy atom. The largest absolute Gasteiger partial charge is 0.488 e. The maximum atomic E-state index is 9.30. The fourth-order valence-corrected chi connectivity index (χ4v) is 2.53. The second kappa shape index (κ2) is 6.81. The Hall–Kier alpha value is -3.05. The lowest BCUT2D eigenvalue weighted by molar-refractivity contribution is 0.305. The van der Waals surface area contributed by atoms with E-state index in [0.717, 1.165) is 16.7 Å². The van der Waals surface area contributed by atoms with Gasteiger partial charge in [0.1, 0.15) is 18.4 Å². The molecule has 0 bridgehead atoms. The van der Waals surface area contributed by atoms with Crippen LogP contribution in [0.15, 0.2) is 72.8 Å². The van der Waals surface area contributed by atoms with Crippen LogP contribution in [0.3, 0.4) is 0 Å². The molecule has 0 aromatic heterocycles. The van der Waals surface area contributed by atoms with Gasteiger partial charge in [-0.05, 0) is 41.3 Å². The molecule has 0 saturated heterocycles. The van der Waals surface area contributed by atoms with Gasteiger partial charge in [-0.2, -0.15) is 5.26 Å². The highest BCUT2D eigenvalue weighted by Gasteiger charge is 2.08. The highest BCUT2D eigenvalue weighted by Crippen LogP contribution is 2.29. The van der Waals surface area contributed by atoms with Crippen LogP contribution in [0, 0.1) is 18.3 Å². The smallest absolute Gasteiger partial charge is 0.138 e. The van der Waals surface area contributed by atoms with Crippen LogP contribution >= 0.6 is 0 Å². The van der Waals surface area contributed by atoms with Gasteiger partial charge >= 0.3 is 0 Å². The lowest BCUT2D eigenvalue weighted by Gasteiger charge is -2.11. The topological polar surface area (TPSA) is 33.0 Å². The molecule has 3 rings (SSSR count). The van der Waals surface area contributed by atoms with E-state index in [1.807, 2.05) is 60.7 Å². The highest BCUT2D eigenvalue weighted by molar-refractivity contribution is 5.70. The summed E-state index contributed by atoms with van der Waals surface area (Å²) in [5.74, 6) is 0.622.